The van der Waals surface area contributed by atoms with Crippen molar-refractivity contribution < 1.29 is 14.3 Å². The normalized spacial score (nSPS) is 18.3. The van der Waals surface area contributed by atoms with Gasteiger partial charge in [-0.15, -0.1) is 0 Å². The van der Waals surface area contributed by atoms with Gasteiger partial charge in [0.15, 0.2) is 5.78 Å². The quantitative estimate of drug-likeness (QED) is 0.564. The third-order valence-corrected chi connectivity index (χ3v) is 6.15. The number of anilines is 1. The second kappa shape index (κ2) is 8.99. The molecule has 0 unspecified atom stereocenters. The maximum absolute atomic E-state index is 13.8. The molecule has 5 rings (SSSR count). The zero-order valence-electron chi connectivity index (χ0n) is 18.4. The van der Waals surface area contributed by atoms with Gasteiger partial charge in [-0.25, -0.2) is 4.68 Å². The third kappa shape index (κ3) is 3.93. The molecular formula is C25H25N5O3. The topological polar surface area (TPSA) is 80.6 Å². The standard InChI is InChI=1S/C25H25N5O3/c1-18-22(24(32)28-12-14-33-15-13-28)23(20-10-6-3-7-11-20)30-25(26-17-27-30)29(18)16-21(31)19-8-4-2-5-9-19/h2-11,17,23H,12-16H2,1H3/t23-/m1/s1. The van der Waals surface area contributed by atoms with Gasteiger partial charge >= 0.3 is 0 Å². The number of allylic oxidation sites excluding steroid dienone is 1. The van der Waals surface area contributed by atoms with Gasteiger partial charge in [0.25, 0.3) is 5.91 Å². The van der Waals surface area contributed by atoms with Gasteiger partial charge in [-0.3, -0.25) is 9.59 Å². The molecule has 2 aromatic carbocycles. The molecule has 0 bridgehead atoms. The number of aromatic nitrogens is 3. The average molecular weight is 444 g/mol. The van der Waals surface area contributed by atoms with Crippen molar-refractivity contribution >= 4 is 17.6 Å². The van der Waals surface area contributed by atoms with Crippen LogP contribution in [0.2, 0.25) is 0 Å². The van der Waals surface area contributed by atoms with Crippen LogP contribution in [0, 0.1) is 0 Å². The van der Waals surface area contributed by atoms with E-state index in [1.165, 1.54) is 6.33 Å². The molecule has 0 aliphatic carbocycles. The maximum Gasteiger partial charge on any atom is 0.254 e. The maximum atomic E-state index is 13.8. The fourth-order valence-electron chi connectivity index (χ4n) is 4.43. The number of hydrogen-bond donors (Lipinski definition) is 0. The Morgan fingerprint density at radius 1 is 1.00 bits per heavy atom. The van der Waals surface area contributed by atoms with Crippen molar-refractivity contribution in [2.75, 3.05) is 37.7 Å². The Bertz CT molecular complexity index is 1180. The van der Waals surface area contributed by atoms with Crippen LogP contribution < -0.4 is 4.90 Å². The molecule has 0 N–H and O–H groups in total. The van der Waals surface area contributed by atoms with E-state index < -0.39 is 6.04 Å². The Balaban J connectivity index is 1.60. The number of rotatable bonds is 5. The summed E-state index contributed by atoms with van der Waals surface area (Å²) in [5, 5.41) is 4.48. The number of benzene rings is 2. The summed E-state index contributed by atoms with van der Waals surface area (Å²) < 4.78 is 7.19. The average Bonchev–Trinajstić information content (AvgIpc) is 3.36. The van der Waals surface area contributed by atoms with Crippen LogP contribution in [0.4, 0.5) is 5.95 Å². The molecule has 168 valence electrons. The summed E-state index contributed by atoms with van der Waals surface area (Å²) in [6.45, 7) is 4.04. The number of morpholine rings is 1. The van der Waals surface area contributed by atoms with Crippen molar-refractivity contribution in [3.8, 4) is 0 Å². The molecule has 2 aliphatic heterocycles. The van der Waals surface area contributed by atoms with Gasteiger partial charge in [0.1, 0.15) is 12.4 Å². The van der Waals surface area contributed by atoms with Gasteiger partial charge in [-0.2, -0.15) is 10.1 Å². The molecule has 1 amide bonds. The van der Waals surface area contributed by atoms with Gasteiger partial charge < -0.3 is 14.5 Å². The summed E-state index contributed by atoms with van der Waals surface area (Å²) in [4.78, 5) is 35.0. The van der Waals surface area contributed by atoms with E-state index in [-0.39, 0.29) is 18.2 Å². The van der Waals surface area contributed by atoms with Crippen LogP contribution in [0.1, 0.15) is 28.9 Å². The monoisotopic (exact) mass is 443 g/mol. The summed E-state index contributed by atoms with van der Waals surface area (Å²) >= 11 is 0. The Kier molecular flexibility index (Phi) is 5.75. The number of Topliss-reactive ketones (excluding diaryl/α,β-unsaturated/α-hetero) is 1. The lowest BCUT2D eigenvalue weighted by molar-refractivity contribution is -0.131. The number of hydrogen-bond acceptors (Lipinski definition) is 6. The van der Waals surface area contributed by atoms with E-state index in [1.54, 1.807) is 21.7 Å². The number of amides is 1. The minimum atomic E-state index is -0.429. The van der Waals surface area contributed by atoms with E-state index in [9.17, 15) is 9.59 Å². The van der Waals surface area contributed by atoms with Crippen LogP contribution in [0.15, 0.2) is 78.3 Å². The second-order valence-electron chi connectivity index (χ2n) is 8.10. The van der Waals surface area contributed by atoms with Gasteiger partial charge in [-0.05, 0) is 12.5 Å². The molecule has 0 saturated carbocycles. The molecule has 1 saturated heterocycles. The zero-order chi connectivity index (χ0) is 22.8. The number of ether oxygens (including phenoxy) is 1. The SMILES string of the molecule is CC1=C(C(=O)N2CCOCC2)[C@@H](c2ccccc2)n2ncnc2N1CC(=O)c1ccccc1. The first kappa shape index (κ1) is 21.1. The molecule has 1 aromatic heterocycles. The number of nitrogens with zero attached hydrogens (tertiary/aromatic N) is 5. The molecular weight excluding hydrogens is 418 g/mol. The lowest BCUT2D eigenvalue weighted by Gasteiger charge is -2.38. The molecule has 2 aliphatic rings. The minimum absolute atomic E-state index is 0.0548. The Morgan fingerprint density at radius 2 is 1.67 bits per heavy atom. The van der Waals surface area contributed by atoms with Crippen LogP contribution in [0.3, 0.4) is 0 Å². The second-order valence-corrected chi connectivity index (χ2v) is 8.10. The Hall–Kier alpha value is -3.78. The van der Waals surface area contributed by atoms with Crippen molar-refractivity contribution in [2.45, 2.75) is 13.0 Å². The predicted molar refractivity (Wildman–Crippen MR) is 123 cm³/mol. The highest BCUT2D eigenvalue weighted by molar-refractivity contribution is 6.01. The summed E-state index contributed by atoms with van der Waals surface area (Å²) in [7, 11) is 0. The van der Waals surface area contributed by atoms with E-state index in [2.05, 4.69) is 10.1 Å². The van der Waals surface area contributed by atoms with Gasteiger partial charge in [-0.1, -0.05) is 60.7 Å². The highest BCUT2D eigenvalue weighted by Gasteiger charge is 2.39. The van der Waals surface area contributed by atoms with Crippen LogP contribution in [0.5, 0.6) is 0 Å². The number of carbonyl (C=O) groups is 2. The molecule has 1 atom stereocenters. The summed E-state index contributed by atoms with van der Waals surface area (Å²) in [6, 6.07) is 18.5. The first-order valence-electron chi connectivity index (χ1n) is 11.0. The van der Waals surface area contributed by atoms with E-state index in [1.807, 2.05) is 60.4 Å². The fourth-order valence-corrected chi connectivity index (χ4v) is 4.43. The number of ketones is 1. The molecule has 1 fully saturated rings. The lowest BCUT2D eigenvalue weighted by atomic mass is 9.93. The zero-order valence-corrected chi connectivity index (χ0v) is 18.4. The van der Waals surface area contributed by atoms with E-state index in [0.717, 1.165) is 5.56 Å². The van der Waals surface area contributed by atoms with E-state index in [4.69, 9.17) is 4.74 Å². The fraction of sp³-hybridized carbons (Fsp3) is 0.280. The Labute approximate surface area is 192 Å². The van der Waals surface area contributed by atoms with Crippen molar-refractivity contribution in [3.63, 3.8) is 0 Å². The minimum Gasteiger partial charge on any atom is -0.378 e. The Morgan fingerprint density at radius 3 is 2.36 bits per heavy atom. The van der Waals surface area contributed by atoms with Crippen LogP contribution >= 0.6 is 0 Å². The smallest absolute Gasteiger partial charge is 0.254 e. The van der Waals surface area contributed by atoms with Crippen LogP contribution in [0.25, 0.3) is 0 Å². The largest absolute Gasteiger partial charge is 0.378 e. The van der Waals surface area contributed by atoms with Crippen molar-refractivity contribution in [1.29, 1.82) is 0 Å². The molecule has 3 heterocycles. The third-order valence-electron chi connectivity index (χ3n) is 6.15. The first-order chi connectivity index (χ1) is 16.1. The van der Waals surface area contributed by atoms with Crippen molar-refractivity contribution in [2.24, 2.45) is 0 Å². The summed E-state index contributed by atoms with van der Waals surface area (Å²) in [5.74, 6) is 0.424. The lowest BCUT2D eigenvalue weighted by Crippen LogP contribution is -2.46. The summed E-state index contributed by atoms with van der Waals surface area (Å²) in [6.07, 6.45) is 1.47. The molecule has 33 heavy (non-hydrogen) atoms. The van der Waals surface area contributed by atoms with Gasteiger partial charge in [0, 0.05) is 24.4 Å². The molecule has 8 nitrogen and oxygen atoms in total. The molecule has 0 radical (unpaired) electrons. The van der Waals surface area contributed by atoms with Gasteiger partial charge in [0.2, 0.25) is 5.95 Å². The van der Waals surface area contributed by atoms with Gasteiger partial charge in [0.05, 0.1) is 25.3 Å². The van der Waals surface area contributed by atoms with Crippen LogP contribution in [-0.4, -0.2) is 64.2 Å². The highest BCUT2D eigenvalue weighted by atomic mass is 16.5. The van der Waals surface area contributed by atoms with E-state index in [0.29, 0.717) is 49.1 Å². The number of carbonyl (C=O) groups excluding carboxylic acids is 2. The summed E-state index contributed by atoms with van der Waals surface area (Å²) in [5.41, 5.74) is 2.86. The molecule has 8 heteroatoms. The molecule has 0 spiro atoms. The van der Waals surface area contributed by atoms with E-state index >= 15 is 0 Å². The molecule has 3 aromatic rings. The van der Waals surface area contributed by atoms with Crippen LogP contribution in [-0.2, 0) is 9.53 Å². The highest BCUT2D eigenvalue weighted by Crippen LogP contribution is 2.38. The van der Waals surface area contributed by atoms with Crippen molar-refractivity contribution in [1.82, 2.24) is 19.7 Å². The first-order valence-corrected chi connectivity index (χ1v) is 11.0. The number of fused-ring (bicyclic) bond motifs is 1. The predicted octanol–water partition coefficient (Wildman–Crippen LogP) is 2.70. The van der Waals surface area contributed by atoms with Crippen molar-refractivity contribution in [3.05, 3.63) is 89.4 Å².